The molecule has 2 rings (SSSR count). The Balaban J connectivity index is 1.99. The van der Waals surface area contributed by atoms with E-state index in [4.69, 9.17) is 0 Å². The minimum atomic E-state index is 0.395. The lowest BCUT2D eigenvalue weighted by Crippen LogP contribution is -2.17. The Kier molecular flexibility index (Phi) is 19.9. The molecule has 2 aliphatic carbocycles. The van der Waals surface area contributed by atoms with E-state index in [9.17, 15) is 0 Å². The van der Waals surface area contributed by atoms with E-state index in [2.05, 4.69) is 94.1 Å². The summed E-state index contributed by atoms with van der Waals surface area (Å²) in [7, 11) is 0. The highest BCUT2D eigenvalue weighted by molar-refractivity contribution is 5.22. The van der Waals surface area contributed by atoms with Gasteiger partial charge in [-0.15, -0.1) is 5.92 Å². The fourth-order valence-corrected chi connectivity index (χ4v) is 9.75. The molecule has 9 unspecified atom stereocenters. The van der Waals surface area contributed by atoms with Gasteiger partial charge in [0.25, 0.3) is 0 Å². The van der Waals surface area contributed by atoms with Crippen LogP contribution in [-0.2, 0) is 0 Å². The molecule has 0 heteroatoms. The topological polar surface area (TPSA) is 0 Å². The van der Waals surface area contributed by atoms with Crippen molar-refractivity contribution in [3.05, 3.63) is 11.6 Å². The molecule has 0 bridgehead atoms. The highest BCUT2D eigenvalue weighted by Crippen LogP contribution is 2.59. The second-order valence-corrected chi connectivity index (χ2v) is 17.3. The predicted molar refractivity (Wildman–Crippen MR) is 208 cm³/mol. The first-order valence-electron chi connectivity index (χ1n) is 21.3. The van der Waals surface area contributed by atoms with Gasteiger partial charge in [-0.2, -0.15) is 0 Å². The second-order valence-electron chi connectivity index (χ2n) is 17.3. The summed E-state index contributed by atoms with van der Waals surface area (Å²) in [4.78, 5) is 0. The number of hydrogen-bond donors (Lipinski definition) is 0. The molecule has 2 aliphatic rings. The summed E-state index contributed by atoms with van der Waals surface area (Å²) in [5.74, 6) is 15.7. The van der Waals surface area contributed by atoms with E-state index in [0.29, 0.717) is 5.41 Å². The smallest absolute Gasteiger partial charge is 0.0346 e. The summed E-state index contributed by atoms with van der Waals surface area (Å²) >= 11 is 0. The van der Waals surface area contributed by atoms with Gasteiger partial charge in [0.05, 0.1) is 0 Å². The highest BCUT2D eigenvalue weighted by Gasteiger charge is 2.52. The highest BCUT2D eigenvalue weighted by atomic mass is 14.6. The molecule has 0 aliphatic heterocycles. The van der Waals surface area contributed by atoms with E-state index in [1.807, 2.05) is 0 Å². The van der Waals surface area contributed by atoms with Crippen LogP contribution in [0.25, 0.3) is 0 Å². The lowest BCUT2D eigenvalue weighted by Gasteiger charge is -2.28. The van der Waals surface area contributed by atoms with Crippen LogP contribution in [0, 0.1) is 76.4 Å². The molecule has 0 saturated heterocycles. The van der Waals surface area contributed by atoms with Crippen molar-refractivity contribution in [3.8, 4) is 11.8 Å². The van der Waals surface area contributed by atoms with Crippen LogP contribution in [0.4, 0.5) is 0 Å². The predicted octanol–water partition coefficient (Wildman–Crippen LogP) is 15.1. The van der Waals surface area contributed by atoms with Crippen LogP contribution in [0.15, 0.2) is 11.6 Å². The Bertz CT molecular complexity index is 879. The largest absolute Gasteiger partial charge is 0.106 e. The van der Waals surface area contributed by atoms with Crippen LogP contribution in [0.2, 0.25) is 0 Å². The van der Waals surface area contributed by atoms with Gasteiger partial charge in [0, 0.05) is 5.41 Å². The van der Waals surface area contributed by atoms with Gasteiger partial charge >= 0.3 is 0 Å². The molecule has 0 spiro atoms. The van der Waals surface area contributed by atoms with Gasteiger partial charge in [-0.1, -0.05) is 170 Å². The standard InChI is InChI=1S/C46H84/c1-12-18-19-20-21-24-30-46(29-15-4)34-41(46)28-23-22-27-39(35(7)8)32-40(25-13-2)45-42(26-14-3)44(45)33-38(17-6)43(36(9)10)31-37(11)16-5/h33,35-37,39-45H,12-14,16-28,30-32,34H2,1-11H3. The van der Waals surface area contributed by atoms with Crippen LogP contribution in [-0.4, -0.2) is 0 Å². The first-order chi connectivity index (χ1) is 22.1. The normalized spacial score (nSPS) is 26.9. The minimum Gasteiger partial charge on any atom is -0.106 e. The van der Waals surface area contributed by atoms with Gasteiger partial charge < -0.3 is 0 Å². The Morgan fingerprint density at radius 1 is 0.761 bits per heavy atom. The number of rotatable bonds is 27. The van der Waals surface area contributed by atoms with Crippen molar-refractivity contribution >= 4 is 0 Å². The zero-order chi connectivity index (χ0) is 34.1. The summed E-state index contributed by atoms with van der Waals surface area (Å²) in [6, 6.07) is 0. The summed E-state index contributed by atoms with van der Waals surface area (Å²) in [5.41, 5.74) is 2.20. The van der Waals surface area contributed by atoms with Gasteiger partial charge in [0.15, 0.2) is 0 Å². The maximum atomic E-state index is 3.72. The van der Waals surface area contributed by atoms with Crippen molar-refractivity contribution in [1.82, 2.24) is 0 Å². The lowest BCUT2D eigenvalue weighted by molar-refractivity contribution is 0.236. The summed E-state index contributed by atoms with van der Waals surface area (Å²) in [6.45, 7) is 26.6. The molecule has 0 aromatic heterocycles. The minimum absolute atomic E-state index is 0.395. The lowest BCUT2D eigenvalue weighted by atomic mass is 9.78. The molecule has 268 valence electrons. The Hall–Kier alpha value is -0.700. The zero-order valence-electron chi connectivity index (χ0n) is 33.5. The molecule has 0 aromatic carbocycles. The number of hydrogen-bond acceptors (Lipinski definition) is 0. The number of unbranched alkanes of at least 4 members (excludes halogenated alkanes) is 6. The monoisotopic (exact) mass is 637 g/mol. The molecule has 9 atom stereocenters. The van der Waals surface area contributed by atoms with Gasteiger partial charge in [-0.3, -0.25) is 0 Å². The first kappa shape index (κ1) is 41.5. The quantitative estimate of drug-likeness (QED) is 0.0478. The molecule has 2 saturated carbocycles. The van der Waals surface area contributed by atoms with E-state index < -0.39 is 0 Å². The van der Waals surface area contributed by atoms with E-state index >= 15 is 0 Å². The third-order valence-corrected chi connectivity index (χ3v) is 13.1. The molecule has 0 radical (unpaired) electrons. The molecule has 0 amide bonds. The molecular weight excluding hydrogens is 553 g/mol. The SMILES string of the molecule is CC#CC1(CCCCCCCC)CC1CCCCC(CC(CCC)C1C(C=C(CC)C(CC(C)CC)C(C)C)C1CCC)C(C)C. The van der Waals surface area contributed by atoms with Crippen LogP contribution in [0.5, 0.6) is 0 Å². The molecule has 0 aromatic rings. The van der Waals surface area contributed by atoms with Crippen molar-refractivity contribution in [2.75, 3.05) is 0 Å². The van der Waals surface area contributed by atoms with Crippen molar-refractivity contribution in [3.63, 3.8) is 0 Å². The maximum absolute atomic E-state index is 3.72. The van der Waals surface area contributed by atoms with Gasteiger partial charge in [0.1, 0.15) is 0 Å². The van der Waals surface area contributed by atoms with Crippen LogP contribution in [0.1, 0.15) is 205 Å². The van der Waals surface area contributed by atoms with Crippen molar-refractivity contribution in [2.24, 2.45) is 64.6 Å². The van der Waals surface area contributed by atoms with Crippen LogP contribution >= 0.6 is 0 Å². The summed E-state index contributed by atoms with van der Waals surface area (Å²) < 4.78 is 0. The van der Waals surface area contributed by atoms with Crippen molar-refractivity contribution in [1.29, 1.82) is 0 Å². The van der Waals surface area contributed by atoms with Gasteiger partial charge in [-0.25, -0.2) is 0 Å². The fourth-order valence-electron chi connectivity index (χ4n) is 9.75. The van der Waals surface area contributed by atoms with E-state index in [0.717, 1.165) is 59.2 Å². The fraction of sp³-hybridized carbons (Fsp3) is 0.913. The summed E-state index contributed by atoms with van der Waals surface area (Å²) in [6.07, 6.45) is 30.8. The Labute approximate surface area is 291 Å². The Morgan fingerprint density at radius 3 is 2.07 bits per heavy atom. The van der Waals surface area contributed by atoms with Crippen molar-refractivity contribution in [2.45, 2.75) is 205 Å². The molecule has 2 fully saturated rings. The summed E-state index contributed by atoms with van der Waals surface area (Å²) in [5, 5.41) is 0. The first-order valence-corrected chi connectivity index (χ1v) is 21.3. The Morgan fingerprint density at radius 2 is 1.48 bits per heavy atom. The van der Waals surface area contributed by atoms with E-state index in [-0.39, 0.29) is 0 Å². The van der Waals surface area contributed by atoms with E-state index in [1.54, 1.807) is 5.57 Å². The van der Waals surface area contributed by atoms with Crippen molar-refractivity contribution < 1.29 is 0 Å². The average molecular weight is 637 g/mol. The van der Waals surface area contributed by atoms with Gasteiger partial charge in [0.2, 0.25) is 0 Å². The molecule has 46 heavy (non-hydrogen) atoms. The second kappa shape index (κ2) is 22.1. The molecule has 0 N–H and O–H groups in total. The average Bonchev–Trinajstić information content (AvgIpc) is 3.91. The number of allylic oxidation sites excluding steroid dienone is 2. The third kappa shape index (κ3) is 13.3. The molecule has 0 nitrogen and oxygen atoms in total. The van der Waals surface area contributed by atoms with E-state index in [1.165, 1.54) is 128 Å². The molecule has 0 heterocycles. The zero-order valence-corrected chi connectivity index (χ0v) is 33.5. The van der Waals surface area contributed by atoms with Gasteiger partial charge in [-0.05, 0) is 111 Å². The maximum Gasteiger partial charge on any atom is 0.0346 e. The van der Waals surface area contributed by atoms with Crippen LogP contribution in [0.3, 0.4) is 0 Å². The third-order valence-electron chi connectivity index (χ3n) is 13.1. The van der Waals surface area contributed by atoms with Crippen LogP contribution < -0.4 is 0 Å². The molecular formula is C46H84.